The first kappa shape index (κ1) is 16.7. The Balaban J connectivity index is 2.01. The van der Waals surface area contributed by atoms with E-state index < -0.39 is 0 Å². The number of rotatable bonds is 5. The molecule has 24 heavy (non-hydrogen) atoms. The Morgan fingerprint density at radius 1 is 1.38 bits per heavy atom. The first-order valence-electron chi connectivity index (χ1n) is 7.30. The van der Waals surface area contributed by atoms with Crippen LogP contribution in [0.1, 0.15) is 16.6 Å². The Bertz CT molecular complexity index is 864. The summed E-state index contributed by atoms with van der Waals surface area (Å²) in [5.74, 6) is 0.768. The molecule has 2 heterocycles. The van der Waals surface area contributed by atoms with Gasteiger partial charge in [0, 0.05) is 28.8 Å². The van der Waals surface area contributed by atoms with Crippen LogP contribution in [0, 0.1) is 0 Å². The highest BCUT2D eigenvalue weighted by molar-refractivity contribution is 7.21. The molecule has 3 aromatic rings. The lowest BCUT2D eigenvalue weighted by atomic mass is 10.2. The molecule has 124 valence electrons. The average Bonchev–Trinajstić information content (AvgIpc) is 2.95. The Morgan fingerprint density at radius 2 is 2.12 bits per heavy atom. The molecule has 0 radical (unpaired) electrons. The zero-order chi connectivity index (χ0) is 17.1. The fraction of sp³-hybridized carbons (Fsp3) is 0.176. The minimum Gasteiger partial charge on any atom is -0.455 e. The first-order chi connectivity index (χ1) is 11.6. The van der Waals surface area contributed by atoms with E-state index in [1.165, 1.54) is 11.3 Å². The second kappa shape index (κ2) is 7.17. The minimum atomic E-state index is -0.343. The SMILES string of the molecule is CC(CO)NC(=O)c1sc2cnccc2c1Oc1ccc(Cl)cc1. The summed E-state index contributed by atoms with van der Waals surface area (Å²) in [7, 11) is 0. The van der Waals surface area contributed by atoms with Gasteiger partial charge in [-0.2, -0.15) is 0 Å². The normalized spacial score (nSPS) is 12.1. The summed E-state index contributed by atoms with van der Waals surface area (Å²) in [5, 5.41) is 13.3. The number of aromatic nitrogens is 1. The summed E-state index contributed by atoms with van der Waals surface area (Å²) in [6.45, 7) is 1.60. The van der Waals surface area contributed by atoms with E-state index >= 15 is 0 Å². The fourth-order valence-corrected chi connectivity index (χ4v) is 3.26. The number of hydrogen-bond acceptors (Lipinski definition) is 5. The van der Waals surface area contributed by atoms with Crippen molar-refractivity contribution in [1.29, 1.82) is 0 Å². The van der Waals surface area contributed by atoms with Gasteiger partial charge >= 0.3 is 0 Å². The van der Waals surface area contributed by atoms with Crippen LogP contribution in [0.25, 0.3) is 10.1 Å². The Labute approximate surface area is 147 Å². The van der Waals surface area contributed by atoms with Crippen molar-refractivity contribution in [1.82, 2.24) is 10.3 Å². The lowest BCUT2D eigenvalue weighted by Crippen LogP contribution is -2.34. The van der Waals surface area contributed by atoms with Crippen molar-refractivity contribution in [2.75, 3.05) is 6.61 Å². The molecular weight excluding hydrogens is 348 g/mol. The lowest BCUT2D eigenvalue weighted by molar-refractivity contribution is 0.0924. The van der Waals surface area contributed by atoms with Crippen LogP contribution in [0.3, 0.4) is 0 Å². The van der Waals surface area contributed by atoms with Crippen molar-refractivity contribution in [3.8, 4) is 11.5 Å². The number of pyridine rings is 1. The van der Waals surface area contributed by atoms with Gasteiger partial charge in [-0.3, -0.25) is 9.78 Å². The molecule has 0 bridgehead atoms. The van der Waals surface area contributed by atoms with E-state index in [1.54, 1.807) is 43.6 Å². The van der Waals surface area contributed by atoms with Crippen LogP contribution in [0.15, 0.2) is 42.7 Å². The molecular formula is C17H15ClN2O3S. The number of fused-ring (bicyclic) bond motifs is 1. The van der Waals surface area contributed by atoms with E-state index in [1.807, 2.05) is 6.07 Å². The van der Waals surface area contributed by atoms with E-state index in [-0.39, 0.29) is 18.6 Å². The molecule has 0 aliphatic rings. The predicted octanol–water partition coefficient (Wildman–Crippen LogP) is 3.85. The van der Waals surface area contributed by atoms with Gasteiger partial charge in [-0.25, -0.2) is 0 Å². The largest absolute Gasteiger partial charge is 0.455 e. The fourth-order valence-electron chi connectivity index (χ4n) is 2.13. The first-order valence-corrected chi connectivity index (χ1v) is 8.49. The van der Waals surface area contributed by atoms with Crippen molar-refractivity contribution in [2.45, 2.75) is 13.0 Å². The molecule has 2 aromatic heterocycles. The van der Waals surface area contributed by atoms with Gasteiger partial charge in [0.05, 0.1) is 11.3 Å². The zero-order valence-corrected chi connectivity index (χ0v) is 14.4. The highest BCUT2D eigenvalue weighted by Crippen LogP contribution is 2.40. The van der Waals surface area contributed by atoms with Gasteiger partial charge in [-0.05, 0) is 37.3 Å². The van der Waals surface area contributed by atoms with E-state index in [4.69, 9.17) is 21.4 Å². The second-order valence-corrected chi connectivity index (χ2v) is 6.73. The number of benzene rings is 1. The highest BCUT2D eigenvalue weighted by atomic mass is 35.5. The number of carbonyl (C=O) groups is 1. The standard InChI is InChI=1S/C17H15ClN2O3S/c1-10(9-21)20-17(22)16-15(13-6-7-19-8-14(13)24-16)23-12-4-2-11(18)3-5-12/h2-8,10,21H,9H2,1H3,(H,20,22). The minimum absolute atomic E-state index is 0.133. The maximum Gasteiger partial charge on any atom is 0.265 e. The third-order valence-electron chi connectivity index (χ3n) is 3.34. The van der Waals surface area contributed by atoms with Crippen LogP contribution in [0.4, 0.5) is 0 Å². The number of halogens is 1. The molecule has 0 fully saturated rings. The summed E-state index contributed by atoms with van der Waals surface area (Å²) in [5.41, 5.74) is 0. The smallest absolute Gasteiger partial charge is 0.265 e. The van der Waals surface area contributed by atoms with Crippen molar-refractivity contribution in [3.05, 3.63) is 52.6 Å². The van der Waals surface area contributed by atoms with Crippen molar-refractivity contribution in [2.24, 2.45) is 0 Å². The second-order valence-electron chi connectivity index (χ2n) is 5.25. The number of carbonyl (C=O) groups excluding carboxylic acids is 1. The quantitative estimate of drug-likeness (QED) is 0.723. The molecule has 0 aliphatic carbocycles. The number of aliphatic hydroxyl groups excluding tert-OH is 1. The number of thiophene rings is 1. The maximum absolute atomic E-state index is 12.5. The molecule has 0 saturated heterocycles. The van der Waals surface area contributed by atoms with Gasteiger partial charge in [0.25, 0.3) is 5.91 Å². The Kier molecular flexibility index (Phi) is 4.99. The van der Waals surface area contributed by atoms with E-state index in [0.29, 0.717) is 21.4 Å². The molecule has 0 spiro atoms. The number of aliphatic hydroxyl groups is 1. The molecule has 1 atom stereocenters. The van der Waals surface area contributed by atoms with Crippen LogP contribution in [-0.2, 0) is 0 Å². The van der Waals surface area contributed by atoms with Gasteiger partial charge in [0.1, 0.15) is 10.6 Å². The van der Waals surface area contributed by atoms with Crippen LogP contribution < -0.4 is 10.1 Å². The summed E-state index contributed by atoms with van der Waals surface area (Å²) >= 11 is 7.19. The van der Waals surface area contributed by atoms with Crippen molar-refractivity contribution < 1.29 is 14.6 Å². The number of hydrogen-bond donors (Lipinski definition) is 2. The van der Waals surface area contributed by atoms with Crippen molar-refractivity contribution in [3.63, 3.8) is 0 Å². The molecule has 3 rings (SSSR count). The van der Waals surface area contributed by atoms with Gasteiger partial charge < -0.3 is 15.2 Å². The summed E-state index contributed by atoms with van der Waals surface area (Å²) < 4.78 is 6.81. The van der Waals surface area contributed by atoms with Crippen LogP contribution in [-0.4, -0.2) is 28.6 Å². The van der Waals surface area contributed by atoms with E-state index in [0.717, 1.165) is 10.1 Å². The number of nitrogens with zero attached hydrogens (tertiary/aromatic N) is 1. The number of amides is 1. The van der Waals surface area contributed by atoms with Gasteiger partial charge in [-0.1, -0.05) is 11.6 Å². The monoisotopic (exact) mass is 362 g/mol. The third kappa shape index (κ3) is 3.51. The van der Waals surface area contributed by atoms with Crippen molar-refractivity contribution >= 4 is 38.9 Å². The Morgan fingerprint density at radius 3 is 2.83 bits per heavy atom. The molecule has 1 unspecified atom stereocenters. The zero-order valence-electron chi connectivity index (χ0n) is 12.8. The lowest BCUT2D eigenvalue weighted by Gasteiger charge is -2.11. The van der Waals surface area contributed by atoms with Gasteiger partial charge in [-0.15, -0.1) is 11.3 Å². The van der Waals surface area contributed by atoms with Crippen LogP contribution in [0.2, 0.25) is 5.02 Å². The maximum atomic E-state index is 12.5. The molecule has 1 amide bonds. The topological polar surface area (TPSA) is 71.5 Å². The third-order valence-corrected chi connectivity index (χ3v) is 4.71. The molecule has 0 aliphatic heterocycles. The van der Waals surface area contributed by atoms with Gasteiger partial charge in [0.15, 0.2) is 5.75 Å². The molecule has 0 saturated carbocycles. The highest BCUT2D eigenvalue weighted by Gasteiger charge is 2.21. The summed E-state index contributed by atoms with van der Waals surface area (Å²) in [6.07, 6.45) is 3.35. The Hall–Kier alpha value is -2.15. The number of nitrogens with one attached hydrogen (secondary N) is 1. The van der Waals surface area contributed by atoms with Crippen LogP contribution >= 0.6 is 22.9 Å². The molecule has 7 heteroatoms. The average molecular weight is 363 g/mol. The van der Waals surface area contributed by atoms with Gasteiger partial charge in [0.2, 0.25) is 0 Å². The molecule has 1 aromatic carbocycles. The summed E-state index contributed by atoms with van der Waals surface area (Å²) in [6, 6.07) is 8.39. The predicted molar refractivity (Wildman–Crippen MR) is 95.2 cm³/mol. The number of ether oxygens (including phenoxy) is 1. The van der Waals surface area contributed by atoms with Crippen LogP contribution in [0.5, 0.6) is 11.5 Å². The molecule has 2 N–H and O–H groups in total. The molecule has 5 nitrogen and oxygen atoms in total. The van der Waals surface area contributed by atoms with E-state index in [2.05, 4.69) is 10.3 Å². The summed E-state index contributed by atoms with van der Waals surface area (Å²) in [4.78, 5) is 17.0. The van der Waals surface area contributed by atoms with E-state index in [9.17, 15) is 4.79 Å².